The van der Waals surface area contributed by atoms with E-state index < -0.39 is 0 Å². The number of benzene rings is 1. The van der Waals surface area contributed by atoms with Crippen LogP contribution >= 0.6 is 0 Å². The molecule has 2 aromatic heterocycles. The molecule has 1 unspecified atom stereocenters. The van der Waals surface area contributed by atoms with Crippen molar-refractivity contribution in [1.29, 1.82) is 0 Å². The Morgan fingerprint density at radius 1 is 1.12 bits per heavy atom. The van der Waals surface area contributed by atoms with Gasteiger partial charge in [0.15, 0.2) is 0 Å². The second-order valence-corrected chi connectivity index (χ2v) is 6.99. The third-order valence-electron chi connectivity index (χ3n) is 4.90. The van der Waals surface area contributed by atoms with E-state index in [4.69, 9.17) is 0 Å². The van der Waals surface area contributed by atoms with E-state index in [1.807, 2.05) is 41.2 Å². The fourth-order valence-corrected chi connectivity index (χ4v) is 3.68. The van der Waals surface area contributed by atoms with Crippen molar-refractivity contribution in [2.24, 2.45) is 0 Å². The molecule has 0 spiro atoms. The smallest absolute Gasteiger partial charge is 0.255 e. The molecule has 1 aliphatic rings. The first-order valence-corrected chi connectivity index (χ1v) is 8.86. The molecule has 0 fully saturated rings. The predicted molar refractivity (Wildman–Crippen MR) is 102 cm³/mol. The van der Waals surface area contributed by atoms with Crippen molar-refractivity contribution in [2.75, 3.05) is 5.32 Å². The van der Waals surface area contributed by atoms with Gasteiger partial charge >= 0.3 is 0 Å². The van der Waals surface area contributed by atoms with Crippen LogP contribution in [0.3, 0.4) is 0 Å². The summed E-state index contributed by atoms with van der Waals surface area (Å²) in [7, 11) is 0. The van der Waals surface area contributed by atoms with E-state index in [1.54, 1.807) is 0 Å². The Morgan fingerprint density at radius 3 is 2.65 bits per heavy atom. The Hall–Kier alpha value is -3.02. The molecule has 0 bridgehead atoms. The number of nitrogens with zero attached hydrogens (tertiary/aromatic N) is 3. The molecular formula is C20H23N5O. The van der Waals surface area contributed by atoms with E-state index >= 15 is 0 Å². The zero-order valence-electron chi connectivity index (χ0n) is 15.4. The fraction of sp³-hybridized carbons (Fsp3) is 0.300. The van der Waals surface area contributed by atoms with E-state index in [0.29, 0.717) is 5.56 Å². The third kappa shape index (κ3) is 2.49. The number of para-hydroxylation sites is 1. The van der Waals surface area contributed by atoms with Gasteiger partial charge in [-0.05, 0) is 45.9 Å². The number of amides is 1. The van der Waals surface area contributed by atoms with Crippen LogP contribution in [0.4, 0.5) is 5.69 Å². The quantitative estimate of drug-likeness (QED) is 0.757. The summed E-state index contributed by atoms with van der Waals surface area (Å²) >= 11 is 0. The van der Waals surface area contributed by atoms with Gasteiger partial charge in [-0.1, -0.05) is 12.1 Å². The number of anilines is 1. The van der Waals surface area contributed by atoms with Crippen molar-refractivity contribution in [3.8, 4) is 5.82 Å². The maximum Gasteiger partial charge on any atom is 0.255 e. The summed E-state index contributed by atoms with van der Waals surface area (Å²) in [6.45, 7) is 8.39. The molecule has 26 heavy (non-hydrogen) atoms. The van der Waals surface area contributed by atoms with Gasteiger partial charge in [0.05, 0.1) is 11.8 Å². The largest absolute Gasteiger partial charge is 0.361 e. The molecule has 6 nitrogen and oxygen atoms in total. The normalized spacial score (nSPS) is 16.3. The molecule has 0 saturated heterocycles. The molecule has 2 N–H and O–H groups in total. The van der Waals surface area contributed by atoms with E-state index in [-0.39, 0.29) is 18.1 Å². The lowest BCUT2D eigenvalue weighted by Gasteiger charge is -2.28. The SMILES string of the molecule is Cc1cc(C2NC(=O)c3ccccc3N2)c(C)n1-c1ccnn1C(C)C. The topological polar surface area (TPSA) is 63.9 Å². The lowest BCUT2D eigenvalue weighted by Crippen LogP contribution is -2.38. The summed E-state index contributed by atoms with van der Waals surface area (Å²) in [6, 6.07) is 12.0. The summed E-state index contributed by atoms with van der Waals surface area (Å²) in [5.74, 6) is 0.977. The Balaban J connectivity index is 1.76. The van der Waals surface area contributed by atoms with E-state index in [1.165, 1.54) is 0 Å². The van der Waals surface area contributed by atoms with E-state index in [0.717, 1.165) is 28.5 Å². The molecule has 1 atom stereocenters. The van der Waals surface area contributed by atoms with Gasteiger partial charge in [0, 0.05) is 34.7 Å². The minimum Gasteiger partial charge on any atom is -0.361 e. The van der Waals surface area contributed by atoms with Crippen LogP contribution in [0.25, 0.3) is 5.82 Å². The van der Waals surface area contributed by atoms with Gasteiger partial charge in [0.25, 0.3) is 5.91 Å². The van der Waals surface area contributed by atoms with Gasteiger partial charge in [0.1, 0.15) is 12.0 Å². The number of rotatable bonds is 3. The van der Waals surface area contributed by atoms with Crippen LogP contribution in [0.5, 0.6) is 0 Å². The van der Waals surface area contributed by atoms with Crippen molar-refractivity contribution in [3.63, 3.8) is 0 Å². The highest BCUT2D eigenvalue weighted by atomic mass is 16.2. The van der Waals surface area contributed by atoms with Gasteiger partial charge in [0.2, 0.25) is 0 Å². The molecule has 3 aromatic rings. The van der Waals surface area contributed by atoms with E-state index in [2.05, 4.69) is 54.1 Å². The monoisotopic (exact) mass is 349 g/mol. The van der Waals surface area contributed by atoms with Crippen LogP contribution in [0.2, 0.25) is 0 Å². The Labute approximate surface area is 152 Å². The molecule has 134 valence electrons. The van der Waals surface area contributed by atoms with Gasteiger partial charge in [-0.15, -0.1) is 0 Å². The van der Waals surface area contributed by atoms with Crippen molar-refractivity contribution in [3.05, 3.63) is 65.1 Å². The standard InChI is InChI=1S/C20H23N5O/c1-12(2)25-18(9-10-21-25)24-13(3)11-16(14(24)4)19-22-17-8-6-5-7-15(17)20(26)23-19/h5-12,19,22H,1-4H3,(H,23,26). The second-order valence-electron chi connectivity index (χ2n) is 6.99. The molecule has 0 aliphatic carbocycles. The van der Waals surface area contributed by atoms with Crippen molar-refractivity contribution in [2.45, 2.75) is 39.9 Å². The summed E-state index contributed by atoms with van der Waals surface area (Å²) < 4.78 is 4.20. The minimum absolute atomic E-state index is 0.0543. The fourth-order valence-electron chi connectivity index (χ4n) is 3.68. The highest BCUT2D eigenvalue weighted by Crippen LogP contribution is 2.31. The Kier molecular flexibility index (Phi) is 3.83. The van der Waals surface area contributed by atoms with Crippen LogP contribution in [-0.2, 0) is 0 Å². The van der Waals surface area contributed by atoms with Crippen molar-refractivity contribution < 1.29 is 4.79 Å². The number of hydrogen-bond acceptors (Lipinski definition) is 3. The van der Waals surface area contributed by atoms with Gasteiger partial charge in [-0.3, -0.25) is 4.79 Å². The van der Waals surface area contributed by atoms with Crippen LogP contribution in [0.15, 0.2) is 42.6 Å². The predicted octanol–water partition coefficient (Wildman–Crippen LogP) is 3.73. The summed E-state index contributed by atoms with van der Waals surface area (Å²) in [4.78, 5) is 12.5. The van der Waals surface area contributed by atoms with Crippen LogP contribution in [0, 0.1) is 13.8 Å². The number of carbonyl (C=O) groups excluding carboxylic acids is 1. The minimum atomic E-state index is -0.257. The zero-order chi connectivity index (χ0) is 18.4. The molecule has 0 radical (unpaired) electrons. The van der Waals surface area contributed by atoms with E-state index in [9.17, 15) is 4.79 Å². The number of nitrogens with one attached hydrogen (secondary N) is 2. The van der Waals surface area contributed by atoms with Gasteiger partial charge in [-0.2, -0.15) is 5.10 Å². The number of fused-ring (bicyclic) bond motifs is 1. The Morgan fingerprint density at radius 2 is 1.88 bits per heavy atom. The van der Waals surface area contributed by atoms with Gasteiger partial charge in [-0.25, -0.2) is 4.68 Å². The number of hydrogen-bond donors (Lipinski definition) is 2. The van der Waals surface area contributed by atoms with Crippen LogP contribution in [0.1, 0.15) is 53.4 Å². The average molecular weight is 349 g/mol. The number of aromatic nitrogens is 3. The molecule has 3 heterocycles. The second kappa shape index (κ2) is 6.05. The summed E-state index contributed by atoms with van der Waals surface area (Å²) in [5, 5.41) is 11.0. The van der Waals surface area contributed by atoms with Gasteiger partial charge < -0.3 is 15.2 Å². The third-order valence-corrected chi connectivity index (χ3v) is 4.90. The average Bonchev–Trinajstić information content (AvgIpc) is 3.19. The number of carbonyl (C=O) groups is 1. The highest BCUT2D eigenvalue weighted by Gasteiger charge is 2.27. The molecule has 1 amide bonds. The van der Waals surface area contributed by atoms with Crippen LogP contribution in [-0.4, -0.2) is 20.3 Å². The maximum absolute atomic E-state index is 12.5. The number of aryl methyl sites for hydroxylation is 1. The first-order chi connectivity index (χ1) is 12.5. The molecule has 6 heteroatoms. The Bertz CT molecular complexity index is 982. The first-order valence-electron chi connectivity index (χ1n) is 8.86. The zero-order valence-corrected chi connectivity index (χ0v) is 15.4. The lowest BCUT2D eigenvalue weighted by molar-refractivity contribution is 0.0935. The first kappa shape index (κ1) is 16.4. The lowest BCUT2D eigenvalue weighted by atomic mass is 10.1. The molecule has 1 aliphatic heterocycles. The maximum atomic E-state index is 12.5. The molecular weight excluding hydrogens is 326 g/mol. The van der Waals surface area contributed by atoms with Crippen molar-refractivity contribution in [1.82, 2.24) is 19.7 Å². The highest BCUT2D eigenvalue weighted by molar-refractivity contribution is 6.01. The summed E-state index contributed by atoms with van der Waals surface area (Å²) in [6.07, 6.45) is 1.57. The molecule has 1 aromatic carbocycles. The summed E-state index contributed by atoms with van der Waals surface area (Å²) in [5.41, 5.74) is 4.78. The van der Waals surface area contributed by atoms with Crippen molar-refractivity contribution >= 4 is 11.6 Å². The van der Waals surface area contributed by atoms with Crippen LogP contribution < -0.4 is 10.6 Å². The molecule has 4 rings (SSSR count). The molecule has 0 saturated carbocycles.